The zero-order valence-corrected chi connectivity index (χ0v) is 12.9. The second kappa shape index (κ2) is 6.89. The molecule has 0 bridgehead atoms. The molecule has 1 unspecified atom stereocenters. The van der Waals surface area contributed by atoms with Gasteiger partial charge in [0.2, 0.25) is 15.9 Å². The third kappa shape index (κ3) is 4.45. The zero-order valence-electron chi connectivity index (χ0n) is 12.1. The van der Waals surface area contributed by atoms with E-state index in [1.807, 2.05) is 0 Å². The number of nitrogens with two attached hydrogens (primary N) is 1. The van der Waals surface area contributed by atoms with Crippen LogP contribution >= 0.6 is 0 Å². The van der Waals surface area contributed by atoms with Crippen molar-refractivity contribution in [2.24, 2.45) is 11.1 Å². The molecule has 2 fully saturated rings. The van der Waals surface area contributed by atoms with Crippen molar-refractivity contribution >= 4 is 15.9 Å². The van der Waals surface area contributed by atoms with Crippen molar-refractivity contribution in [3.63, 3.8) is 0 Å². The fourth-order valence-corrected chi connectivity index (χ4v) is 4.26. The van der Waals surface area contributed by atoms with E-state index in [-0.39, 0.29) is 12.5 Å². The van der Waals surface area contributed by atoms with Crippen LogP contribution in [0.25, 0.3) is 0 Å². The predicted molar refractivity (Wildman–Crippen MR) is 78.5 cm³/mol. The van der Waals surface area contributed by atoms with Crippen molar-refractivity contribution in [2.45, 2.75) is 63.0 Å². The van der Waals surface area contributed by atoms with E-state index in [9.17, 15) is 13.2 Å². The molecule has 1 saturated carbocycles. The molecule has 0 aromatic rings. The molecule has 6 heteroatoms. The highest BCUT2D eigenvalue weighted by atomic mass is 32.2. The molecule has 0 aromatic heterocycles. The summed E-state index contributed by atoms with van der Waals surface area (Å²) in [6.07, 6.45) is 9.16. The summed E-state index contributed by atoms with van der Waals surface area (Å²) in [7, 11) is -3.53. The number of piperidine rings is 1. The average Bonchev–Trinajstić information content (AvgIpc) is 2.66. The Labute approximate surface area is 121 Å². The van der Waals surface area contributed by atoms with E-state index < -0.39 is 15.3 Å². The molecule has 1 atom stereocenters. The fourth-order valence-electron chi connectivity index (χ4n) is 3.38. The first kappa shape index (κ1) is 15.8. The zero-order chi connectivity index (χ0) is 14.6. The molecule has 0 radical (unpaired) electrons. The molecule has 2 aliphatic rings. The number of primary sulfonamides is 1. The van der Waals surface area contributed by atoms with E-state index in [1.54, 1.807) is 4.90 Å². The van der Waals surface area contributed by atoms with Gasteiger partial charge in [-0.05, 0) is 31.6 Å². The van der Waals surface area contributed by atoms with Gasteiger partial charge in [-0.25, -0.2) is 13.6 Å². The maximum absolute atomic E-state index is 12.3. The van der Waals surface area contributed by atoms with Gasteiger partial charge < -0.3 is 4.90 Å². The number of hydrogen-bond acceptors (Lipinski definition) is 3. The summed E-state index contributed by atoms with van der Waals surface area (Å²) >= 11 is 0. The molecule has 2 N–H and O–H groups in total. The Morgan fingerprint density at radius 2 is 1.70 bits per heavy atom. The number of likely N-dealkylation sites (tertiary alicyclic amines) is 1. The topological polar surface area (TPSA) is 80.5 Å². The Kier molecular flexibility index (Phi) is 5.43. The first-order chi connectivity index (χ1) is 9.47. The summed E-state index contributed by atoms with van der Waals surface area (Å²) in [5.41, 5.74) is 0. The Bertz CT molecular complexity index is 428. The van der Waals surface area contributed by atoms with Gasteiger partial charge in [-0.15, -0.1) is 0 Å². The van der Waals surface area contributed by atoms with E-state index in [0.717, 1.165) is 19.3 Å². The first-order valence-electron chi connectivity index (χ1n) is 7.76. The first-order valence-corrected chi connectivity index (χ1v) is 9.37. The van der Waals surface area contributed by atoms with Gasteiger partial charge in [0.1, 0.15) is 0 Å². The average molecular weight is 302 g/mol. The van der Waals surface area contributed by atoms with Crippen LogP contribution in [0.2, 0.25) is 0 Å². The lowest BCUT2D eigenvalue weighted by Crippen LogP contribution is -2.47. The monoisotopic (exact) mass is 302 g/mol. The van der Waals surface area contributed by atoms with E-state index in [1.165, 1.54) is 25.7 Å². The number of amides is 1. The summed E-state index contributed by atoms with van der Waals surface area (Å²) in [5.74, 6) is 0.602. The largest absolute Gasteiger partial charge is 0.341 e. The number of hydrogen-bond donors (Lipinski definition) is 1. The Morgan fingerprint density at radius 3 is 2.30 bits per heavy atom. The maximum Gasteiger partial charge on any atom is 0.222 e. The third-order valence-corrected chi connectivity index (χ3v) is 5.95. The van der Waals surface area contributed by atoms with E-state index in [4.69, 9.17) is 5.14 Å². The molecule has 1 amide bonds. The van der Waals surface area contributed by atoms with Crippen molar-refractivity contribution in [3.8, 4) is 0 Å². The SMILES string of the molecule is NS(=O)(=O)C1CCCN(C(=O)CC2CCCCCC2)C1. The fraction of sp³-hybridized carbons (Fsp3) is 0.929. The van der Waals surface area contributed by atoms with Gasteiger partial charge in [-0.1, -0.05) is 25.7 Å². The van der Waals surface area contributed by atoms with E-state index in [0.29, 0.717) is 25.3 Å². The summed E-state index contributed by atoms with van der Waals surface area (Å²) in [6.45, 7) is 0.960. The lowest BCUT2D eigenvalue weighted by atomic mass is 9.95. The highest BCUT2D eigenvalue weighted by Crippen LogP contribution is 2.27. The minimum Gasteiger partial charge on any atom is -0.341 e. The van der Waals surface area contributed by atoms with Gasteiger partial charge in [-0.2, -0.15) is 0 Å². The molecule has 20 heavy (non-hydrogen) atoms. The normalized spacial score (nSPS) is 26.2. The van der Waals surface area contributed by atoms with Crippen molar-refractivity contribution in [1.82, 2.24) is 4.90 Å². The van der Waals surface area contributed by atoms with Crippen LogP contribution < -0.4 is 5.14 Å². The molecule has 1 heterocycles. The Hall–Kier alpha value is -0.620. The summed E-state index contributed by atoms with van der Waals surface area (Å²) < 4.78 is 22.9. The standard InChI is InChI=1S/C14H26N2O3S/c15-20(18,19)13-8-5-9-16(11-13)14(17)10-12-6-3-1-2-4-7-12/h12-13H,1-11H2,(H2,15,18,19). The minimum absolute atomic E-state index is 0.116. The number of sulfonamides is 1. The van der Waals surface area contributed by atoms with Crippen LogP contribution in [0.15, 0.2) is 0 Å². The maximum atomic E-state index is 12.3. The van der Waals surface area contributed by atoms with Gasteiger partial charge in [0.05, 0.1) is 5.25 Å². The number of rotatable bonds is 3. The van der Waals surface area contributed by atoms with E-state index in [2.05, 4.69) is 0 Å². The van der Waals surface area contributed by atoms with Crippen molar-refractivity contribution in [2.75, 3.05) is 13.1 Å². The van der Waals surface area contributed by atoms with Gasteiger partial charge in [-0.3, -0.25) is 4.79 Å². The Morgan fingerprint density at radius 1 is 1.05 bits per heavy atom. The van der Waals surface area contributed by atoms with Gasteiger partial charge in [0, 0.05) is 19.5 Å². The second-order valence-electron chi connectivity index (χ2n) is 6.25. The molecular weight excluding hydrogens is 276 g/mol. The molecule has 1 aliphatic carbocycles. The second-order valence-corrected chi connectivity index (χ2v) is 8.10. The van der Waals surface area contributed by atoms with Crippen LogP contribution in [0.5, 0.6) is 0 Å². The third-order valence-electron chi connectivity index (χ3n) is 4.63. The molecule has 1 aliphatic heterocycles. The minimum atomic E-state index is -3.53. The molecule has 116 valence electrons. The molecule has 5 nitrogen and oxygen atoms in total. The van der Waals surface area contributed by atoms with Gasteiger partial charge in [0.15, 0.2) is 0 Å². The van der Waals surface area contributed by atoms with Crippen LogP contribution in [0.3, 0.4) is 0 Å². The quantitative estimate of drug-likeness (QED) is 0.805. The summed E-state index contributed by atoms with van der Waals surface area (Å²) in [5, 5.41) is 4.64. The highest BCUT2D eigenvalue weighted by Gasteiger charge is 2.31. The highest BCUT2D eigenvalue weighted by molar-refractivity contribution is 7.89. The van der Waals surface area contributed by atoms with Crippen LogP contribution in [0.4, 0.5) is 0 Å². The summed E-state index contributed by atoms with van der Waals surface area (Å²) in [6, 6.07) is 0. The lowest BCUT2D eigenvalue weighted by molar-refractivity contribution is -0.133. The van der Waals surface area contributed by atoms with Crippen molar-refractivity contribution < 1.29 is 13.2 Å². The van der Waals surface area contributed by atoms with Crippen molar-refractivity contribution in [1.29, 1.82) is 0 Å². The smallest absolute Gasteiger partial charge is 0.222 e. The van der Waals surface area contributed by atoms with Gasteiger partial charge >= 0.3 is 0 Å². The number of carbonyl (C=O) groups is 1. The van der Waals surface area contributed by atoms with Crippen LogP contribution in [-0.2, 0) is 14.8 Å². The summed E-state index contributed by atoms with van der Waals surface area (Å²) in [4.78, 5) is 14.1. The number of carbonyl (C=O) groups excluding carboxylic acids is 1. The molecule has 0 spiro atoms. The van der Waals surface area contributed by atoms with Crippen molar-refractivity contribution in [3.05, 3.63) is 0 Å². The van der Waals surface area contributed by atoms with Crippen LogP contribution in [0.1, 0.15) is 57.8 Å². The predicted octanol–water partition coefficient (Wildman–Crippen LogP) is 1.63. The number of nitrogens with zero attached hydrogens (tertiary/aromatic N) is 1. The lowest BCUT2D eigenvalue weighted by Gasteiger charge is -2.32. The Balaban J connectivity index is 1.88. The molecule has 2 rings (SSSR count). The van der Waals surface area contributed by atoms with E-state index >= 15 is 0 Å². The molecular formula is C14H26N2O3S. The van der Waals surface area contributed by atoms with Crippen LogP contribution in [-0.4, -0.2) is 37.6 Å². The molecule has 1 saturated heterocycles. The van der Waals surface area contributed by atoms with Crippen LogP contribution in [0, 0.1) is 5.92 Å². The molecule has 0 aromatic carbocycles. The van der Waals surface area contributed by atoms with Gasteiger partial charge in [0.25, 0.3) is 0 Å².